The molecule has 0 unspecified atom stereocenters. The standard InChI is InChI=1S/C25H29N7O3/c1-6-32(7-2)25-30-23(27-17-14-19(33-3)21(35-5)20(15-17)34-4)29-24(31-25)28-22-18-11-9-8-10-16(18)12-13-26-22/h8-15H,6-7H2,1-5H3,(H2,26,27,28,29,30,31). The topological polar surface area (TPSA) is 107 Å². The summed E-state index contributed by atoms with van der Waals surface area (Å²) in [7, 11) is 4.71. The second-order valence-corrected chi connectivity index (χ2v) is 7.50. The van der Waals surface area contributed by atoms with Crippen molar-refractivity contribution in [1.82, 2.24) is 19.9 Å². The Morgan fingerprint density at radius 1 is 0.800 bits per heavy atom. The lowest BCUT2D eigenvalue weighted by atomic mass is 10.1. The maximum atomic E-state index is 5.47. The summed E-state index contributed by atoms with van der Waals surface area (Å²) in [6.07, 6.45) is 1.76. The second kappa shape index (κ2) is 10.7. The fourth-order valence-corrected chi connectivity index (χ4v) is 3.73. The van der Waals surface area contributed by atoms with E-state index >= 15 is 0 Å². The lowest BCUT2D eigenvalue weighted by Gasteiger charge is -2.20. The molecule has 0 spiro atoms. The molecule has 10 heteroatoms. The quantitative estimate of drug-likeness (QED) is 0.333. The summed E-state index contributed by atoms with van der Waals surface area (Å²) in [6.45, 7) is 5.60. The number of methoxy groups -OCH3 is 3. The van der Waals surface area contributed by atoms with Crippen molar-refractivity contribution in [3.05, 3.63) is 48.7 Å². The van der Waals surface area contributed by atoms with Crippen LogP contribution >= 0.6 is 0 Å². The highest BCUT2D eigenvalue weighted by Gasteiger charge is 2.16. The Labute approximate surface area is 204 Å². The van der Waals surface area contributed by atoms with Gasteiger partial charge in [0, 0.05) is 42.5 Å². The average molecular weight is 476 g/mol. The molecule has 4 aromatic rings. The van der Waals surface area contributed by atoms with Crippen molar-refractivity contribution in [2.75, 3.05) is 50.0 Å². The van der Waals surface area contributed by atoms with Crippen LogP contribution in [0.1, 0.15) is 13.8 Å². The van der Waals surface area contributed by atoms with Crippen LogP contribution in [0.2, 0.25) is 0 Å². The third-order valence-electron chi connectivity index (χ3n) is 5.49. The number of aromatic nitrogens is 4. The Kier molecular flexibility index (Phi) is 7.30. The predicted octanol–water partition coefficient (Wildman–Crippen LogP) is 4.78. The van der Waals surface area contributed by atoms with E-state index in [2.05, 4.69) is 44.4 Å². The number of pyridine rings is 1. The first kappa shape index (κ1) is 23.8. The Balaban J connectivity index is 1.75. The maximum absolute atomic E-state index is 5.47. The fraction of sp³-hybridized carbons (Fsp3) is 0.280. The van der Waals surface area contributed by atoms with Crippen LogP contribution in [0, 0.1) is 0 Å². The van der Waals surface area contributed by atoms with E-state index in [9.17, 15) is 0 Å². The van der Waals surface area contributed by atoms with Crippen molar-refractivity contribution in [2.24, 2.45) is 0 Å². The minimum Gasteiger partial charge on any atom is -0.493 e. The zero-order valence-electron chi connectivity index (χ0n) is 20.5. The van der Waals surface area contributed by atoms with Gasteiger partial charge in [0.1, 0.15) is 5.82 Å². The molecule has 0 aliphatic heterocycles. The number of hydrogen-bond acceptors (Lipinski definition) is 10. The van der Waals surface area contributed by atoms with Crippen LogP contribution in [-0.2, 0) is 0 Å². The third-order valence-corrected chi connectivity index (χ3v) is 5.49. The van der Waals surface area contributed by atoms with Gasteiger partial charge in [-0.05, 0) is 25.3 Å². The third kappa shape index (κ3) is 5.11. The van der Waals surface area contributed by atoms with Gasteiger partial charge in [-0.3, -0.25) is 0 Å². The van der Waals surface area contributed by atoms with Crippen molar-refractivity contribution in [3.63, 3.8) is 0 Å². The van der Waals surface area contributed by atoms with E-state index in [4.69, 9.17) is 14.2 Å². The molecular weight excluding hydrogens is 446 g/mol. The first-order valence-corrected chi connectivity index (χ1v) is 11.3. The Morgan fingerprint density at radius 2 is 1.46 bits per heavy atom. The summed E-state index contributed by atoms with van der Waals surface area (Å²) < 4.78 is 16.4. The Hall–Kier alpha value is -4.34. The SMILES string of the molecule is CCN(CC)c1nc(Nc2cc(OC)c(OC)c(OC)c2)nc(Nc2nccc3ccccc23)n1. The summed E-state index contributed by atoms with van der Waals surface area (Å²) in [5.41, 5.74) is 0.672. The molecular formula is C25H29N7O3. The van der Waals surface area contributed by atoms with Crippen LogP contribution in [0.3, 0.4) is 0 Å². The molecule has 0 aliphatic carbocycles. The van der Waals surface area contributed by atoms with Crippen LogP contribution < -0.4 is 29.7 Å². The highest BCUT2D eigenvalue weighted by atomic mass is 16.5. The first-order valence-electron chi connectivity index (χ1n) is 11.3. The molecule has 0 fully saturated rings. The number of hydrogen-bond donors (Lipinski definition) is 2. The van der Waals surface area contributed by atoms with Crippen LogP contribution in [-0.4, -0.2) is 54.4 Å². The van der Waals surface area contributed by atoms with Gasteiger partial charge in [-0.25, -0.2) is 4.98 Å². The number of ether oxygens (including phenoxy) is 3. The second-order valence-electron chi connectivity index (χ2n) is 7.50. The summed E-state index contributed by atoms with van der Waals surface area (Å²) in [5, 5.41) is 8.56. The van der Waals surface area contributed by atoms with Crippen LogP contribution in [0.5, 0.6) is 17.2 Å². The van der Waals surface area contributed by atoms with Crippen LogP contribution in [0.4, 0.5) is 29.4 Å². The van der Waals surface area contributed by atoms with Crippen molar-refractivity contribution in [2.45, 2.75) is 13.8 Å². The first-order chi connectivity index (χ1) is 17.1. The molecule has 10 nitrogen and oxygen atoms in total. The monoisotopic (exact) mass is 475 g/mol. The van der Waals surface area contributed by atoms with Crippen molar-refractivity contribution in [3.8, 4) is 17.2 Å². The zero-order valence-corrected chi connectivity index (χ0v) is 20.5. The van der Waals surface area contributed by atoms with Gasteiger partial charge in [0.15, 0.2) is 11.5 Å². The molecule has 0 bridgehead atoms. The average Bonchev–Trinajstić information content (AvgIpc) is 2.89. The Bertz CT molecular complexity index is 1280. The summed E-state index contributed by atoms with van der Waals surface area (Å²) in [5.74, 6) is 3.49. The summed E-state index contributed by atoms with van der Waals surface area (Å²) in [6, 6.07) is 13.6. The molecule has 0 amide bonds. The van der Waals surface area contributed by atoms with E-state index in [1.165, 1.54) is 0 Å². The van der Waals surface area contributed by atoms with Gasteiger partial charge < -0.3 is 29.7 Å². The highest BCUT2D eigenvalue weighted by Crippen LogP contribution is 2.40. The zero-order chi connectivity index (χ0) is 24.8. The lowest BCUT2D eigenvalue weighted by molar-refractivity contribution is 0.324. The molecule has 2 heterocycles. The molecule has 2 N–H and O–H groups in total. The molecule has 35 heavy (non-hydrogen) atoms. The normalized spacial score (nSPS) is 10.7. The van der Waals surface area contributed by atoms with Gasteiger partial charge >= 0.3 is 0 Å². The summed E-state index contributed by atoms with van der Waals surface area (Å²) >= 11 is 0. The van der Waals surface area contributed by atoms with E-state index < -0.39 is 0 Å². The molecule has 0 saturated heterocycles. The van der Waals surface area contributed by atoms with Gasteiger partial charge in [-0.2, -0.15) is 15.0 Å². The molecule has 2 aromatic carbocycles. The predicted molar refractivity (Wildman–Crippen MR) is 138 cm³/mol. The van der Waals surface area contributed by atoms with Crippen molar-refractivity contribution in [1.29, 1.82) is 0 Å². The number of nitrogens with zero attached hydrogens (tertiary/aromatic N) is 5. The minimum absolute atomic E-state index is 0.360. The van der Waals surface area contributed by atoms with Gasteiger partial charge in [0.05, 0.1) is 21.3 Å². The minimum atomic E-state index is 0.360. The van der Waals surface area contributed by atoms with E-state index in [0.29, 0.717) is 46.6 Å². The molecule has 0 saturated carbocycles. The van der Waals surface area contributed by atoms with E-state index in [0.717, 1.165) is 23.9 Å². The summed E-state index contributed by atoms with van der Waals surface area (Å²) in [4.78, 5) is 20.5. The van der Waals surface area contributed by atoms with Crippen LogP contribution in [0.15, 0.2) is 48.7 Å². The maximum Gasteiger partial charge on any atom is 0.235 e. The largest absolute Gasteiger partial charge is 0.493 e. The molecule has 2 aromatic heterocycles. The van der Waals surface area contributed by atoms with E-state index in [1.54, 1.807) is 39.7 Å². The van der Waals surface area contributed by atoms with Gasteiger partial charge in [-0.1, -0.05) is 24.3 Å². The highest BCUT2D eigenvalue weighted by molar-refractivity contribution is 5.92. The van der Waals surface area contributed by atoms with Gasteiger partial charge in [0.25, 0.3) is 0 Å². The number of benzene rings is 2. The number of rotatable bonds is 10. The fourth-order valence-electron chi connectivity index (χ4n) is 3.73. The van der Waals surface area contributed by atoms with Gasteiger partial charge in [-0.15, -0.1) is 0 Å². The lowest BCUT2D eigenvalue weighted by Crippen LogP contribution is -2.25. The molecule has 0 aliphatic rings. The van der Waals surface area contributed by atoms with Crippen LogP contribution in [0.25, 0.3) is 10.8 Å². The smallest absolute Gasteiger partial charge is 0.235 e. The molecule has 0 atom stereocenters. The molecule has 0 radical (unpaired) electrons. The number of anilines is 5. The van der Waals surface area contributed by atoms with E-state index in [-0.39, 0.29) is 0 Å². The van der Waals surface area contributed by atoms with Crippen molar-refractivity contribution >= 4 is 40.1 Å². The van der Waals surface area contributed by atoms with Gasteiger partial charge in [0.2, 0.25) is 23.6 Å². The number of nitrogens with one attached hydrogen (secondary N) is 2. The molecule has 4 rings (SSSR count). The van der Waals surface area contributed by atoms with Crippen molar-refractivity contribution < 1.29 is 14.2 Å². The molecule has 182 valence electrons. The Morgan fingerprint density at radius 3 is 2.09 bits per heavy atom. The van der Waals surface area contributed by atoms with E-state index in [1.807, 2.05) is 35.2 Å². The number of fused-ring (bicyclic) bond motifs is 1.